The predicted molar refractivity (Wildman–Crippen MR) is 127 cm³/mol. The van der Waals surface area contributed by atoms with Crippen LogP contribution in [0.2, 0.25) is 0 Å². The number of hydrogen-bond donors (Lipinski definition) is 1. The van der Waals surface area contributed by atoms with E-state index in [9.17, 15) is 14.4 Å². The van der Waals surface area contributed by atoms with Crippen LogP contribution in [0, 0.1) is 0 Å². The lowest BCUT2D eigenvalue weighted by molar-refractivity contribution is -0.137. The maximum atomic E-state index is 12.7. The van der Waals surface area contributed by atoms with Gasteiger partial charge in [0.05, 0.1) is 44.0 Å². The second-order valence-corrected chi connectivity index (χ2v) is 8.25. The molecule has 0 spiro atoms. The summed E-state index contributed by atoms with van der Waals surface area (Å²) in [6.45, 7) is 3.45. The summed E-state index contributed by atoms with van der Waals surface area (Å²) in [6, 6.07) is 11.7. The molecule has 34 heavy (non-hydrogen) atoms. The maximum absolute atomic E-state index is 12.7. The Morgan fingerprint density at radius 1 is 0.824 bits per heavy atom. The summed E-state index contributed by atoms with van der Waals surface area (Å²) in [5.74, 6) is -2.11. The highest BCUT2D eigenvalue weighted by molar-refractivity contribution is 9.10. The van der Waals surface area contributed by atoms with Gasteiger partial charge in [0.25, 0.3) is 0 Å². The van der Waals surface area contributed by atoms with Crippen molar-refractivity contribution in [2.45, 2.75) is 19.8 Å². The minimum atomic E-state index is -0.789. The number of nitrogens with one attached hydrogen (secondary N) is 1. The maximum Gasteiger partial charge on any atom is 0.344 e. The third-order valence-electron chi connectivity index (χ3n) is 5.39. The Hall–Kier alpha value is -3.59. The second-order valence-electron chi connectivity index (χ2n) is 7.40. The molecule has 0 bridgehead atoms. The van der Waals surface area contributed by atoms with E-state index < -0.39 is 23.8 Å². The Balaban J connectivity index is 2.08. The summed E-state index contributed by atoms with van der Waals surface area (Å²) >= 11 is 3.34. The lowest BCUT2D eigenvalue weighted by atomic mass is 9.80. The normalized spacial score (nSPS) is 13.8. The van der Waals surface area contributed by atoms with Crippen molar-refractivity contribution in [2.24, 2.45) is 0 Å². The fraction of sp³-hybridized carbons (Fsp3) is 0.240. The van der Waals surface area contributed by atoms with Crippen molar-refractivity contribution >= 4 is 33.8 Å². The molecule has 0 aromatic heterocycles. The minimum Gasteiger partial charge on any atom is -0.493 e. The highest BCUT2D eigenvalue weighted by Gasteiger charge is 2.38. The van der Waals surface area contributed by atoms with Crippen LogP contribution in [0.3, 0.4) is 0 Å². The SMILES string of the molecule is COC(=O)C1=C(C)NC(C)=C(C(=O)OC)C1c1ccc(OC(=O)c2ccccc2Br)c(OC)c1. The van der Waals surface area contributed by atoms with E-state index in [1.165, 1.54) is 21.3 Å². The quantitative estimate of drug-likeness (QED) is 0.437. The average molecular weight is 530 g/mol. The molecule has 0 fully saturated rings. The van der Waals surface area contributed by atoms with Gasteiger partial charge in [-0.3, -0.25) is 0 Å². The third-order valence-corrected chi connectivity index (χ3v) is 6.08. The van der Waals surface area contributed by atoms with E-state index in [4.69, 9.17) is 18.9 Å². The lowest BCUT2D eigenvalue weighted by Gasteiger charge is -2.30. The van der Waals surface area contributed by atoms with Crippen LogP contribution in [-0.2, 0) is 19.1 Å². The van der Waals surface area contributed by atoms with Crippen molar-refractivity contribution in [1.82, 2.24) is 5.32 Å². The Labute approximate surface area is 205 Å². The van der Waals surface area contributed by atoms with Crippen LogP contribution in [0.25, 0.3) is 0 Å². The van der Waals surface area contributed by atoms with E-state index in [-0.39, 0.29) is 22.6 Å². The zero-order valence-electron chi connectivity index (χ0n) is 19.4. The number of halogens is 1. The first-order chi connectivity index (χ1) is 16.2. The number of methoxy groups -OCH3 is 3. The number of carbonyl (C=O) groups excluding carboxylic acids is 3. The minimum absolute atomic E-state index is 0.182. The molecule has 0 saturated carbocycles. The van der Waals surface area contributed by atoms with Gasteiger partial charge in [-0.1, -0.05) is 18.2 Å². The topological polar surface area (TPSA) is 100 Å². The van der Waals surface area contributed by atoms with E-state index >= 15 is 0 Å². The summed E-state index contributed by atoms with van der Waals surface area (Å²) in [5, 5.41) is 3.05. The molecule has 3 rings (SSSR count). The Morgan fingerprint density at radius 2 is 1.41 bits per heavy atom. The fourth-order valence-corrected chi connectivity index (χ4v) is 4.26. The Kier molecular flexibility index (Phi) is 7.78. The zero-order chi connectivity index (χ0) is 25.0. The highest BCUT2D eigenvalue weighted by Crippen LogP contribution is 2.42. The van der Waals surface area contributed by atoms with Crippen LogP contribution < -0.4 is 14.8 Å². The first-order valence-corrected chi connectivity index (χ1v) is 11.0. The molecule has 0 radical (unpaired) electrons. The molecule has 1 aliphatic heterocycles. The number of carbonyl (C=O) groups is 3. The smallest absolute Gasteiger partial charge is 0.344 e. The molecule has 1 N–H and O–H groups in total. The summed E-state index contributed by atoms with van der Waals surface area (Å²) in [5.41, 5.74) is 2.52. The molecule has 8 nitrogen and oxygen atoms in total. The Morgan fingerprint density at radius 3 is 1.94 bits per heavy atom. The largest absolute Gasteiger partial charge is 0.493 e. The molecule has 0 aliphatic carbocycles. The van der Waals surface area contributed by atoms with Crippen LogP contribution in [0.15, 0.2) is 69.5 Å². The van der Waals surface area contributed by atoms with Crippen molar-refractivity contribution in [3.8, 4) is 11.5 Å². The summed E-state index contributed by atoms with van der Waals surface area (Å²) < 4.78 is 21.6. The zero-order valence-corrected chi connectivity index (χ0v) is 20.9. The van der Waals surface area contributed by atoms with Crippen LogP contribution in [0.4, 0.5) is 0 Å². The first-order valence-electron chi connectivity index (χ1n) is 10.2. The number of benzene rings is 2. The van der Waals surface area contributed by atoms with E-state index in [2.05, 4.69) is 21.2 Å². The molecule has 2 aromatic carbocycles. The molecule has 178 valence electrons. The molecule has 0 atom stereocenters. The van der Waals surface area contributed by atoms with Crippen molar-refractivity contribution < 1.29 is 33.3 Å². The molecule has 9 heteroatoms. The fourth-order valence-electron chi connectivity index (χ4n) is 3.82. The molecule has 2 aromatic rings. The first kappa shape index (κ1) is 25.0. The van der Waals surface area contributed by atoms with Crippen molar-refractivity contribution in [1.29, 1.82) is 0 Å². The van der Waals surface area contributed by atoms with Gasteiger partial charge in [0, 0.05) is 15.9 Å². The molecular formula is C25H24BrNO7. The molecule has 1 aliphatic rings. The van der Waals surface area contributed by atoms with E-state index in [1.807, 2.05) is 0 Å². The number of hydrogen-bond acceptors (Lipinski definition) is 8. The number of esters is 3. The summed E-state index contributed by atoms with van der Waals surface area (Å²) in [6.07, 6.45) is 0. The molecular weight excluding hydrogens is 506 g/mol. The third kappa shape index (κ3) is 4.84. The lowest BCUT2D eigenvalue weighted by Crippen LogP contribution is -2.32. The van der Waals surface area contributed by atoms with Gasteiger partial charge in [0.2, 0.25) is 0 Å². The predicted octanol–water partition coefficient (Wildman–Crippen LogP) is 4.26. The van der Waals surface area contributed by atoms with Gasteiger partial charge in [-0.15, -0.1) is 0 Å². The monoisotopic (exact) mass is 529 g/mol. The van der Waals surface area contributed by atoms with Crippen molar-refractivity contribution in [3.05, 3.63) is 80.6 Å². The van der Waals surface area contributed by atoms with Gasteiger partial charge in [0.1, 0.15) is 0 Å². The van der Waals surface area contributed by atoms with Gasteiger partial charge < -0.3 is 24.3 Å². The standard InChI is InChI=1S/C25H24BrNO7/c1-13-20(24(29)32-4)22(21(14(2)27-13)25(30)33-5)15-10-11-18(19(12-15)31-3)34-23(28)16-8-6-7-9-17(16)26/h6-12,22,27H,1-5H3. The number of ether oxygens (including phenoxy) is 4. The molecule has 0 saturated heterocycles. The van der Waals surface area contributed by atoms with Gasteiger partial charge in [0.15, 0.2) is 11.5 Å². The summed E-state index contributed by atoms with van der Waals surface area (Å²) in [7, 11) is 3.98. The van der Waals surface area contributed by atoms with Crippen LogP contribution in [0.1, 0.15) is 35.7 Å². The van der Waals surface area contributed by atoms with Crippen LogP contribution >= 0.6 is 15.9 Å². The van der Waals surface area contributed by atoms with Crippen LogP contribution in [-0.4, -0.2) is 39.2 Å². The van der Waals surface area contributed by atoms with Crippen molar-refractivity contribution in [3.63, 3.8) is 0 Å². The van der Waals surface area contributed by atoms with E-state index in [1.54, 1.807) is 56.3 Å². The van der Waals surface area contributed by atoms with E-state index in [0.717, 1.165) is 0 Å². The van der Waals surface area contributed by atoms with Gasteiger partial charge in [-0.2, -0.15) is 0 Å². The van der Waals surface area contributed by atoms with Gasteiger partial charge >= 0.3 is 17.9 Å². The number of dihydropyridines is 1. The number of allylic oxidation sites excluding steroid dienone is 2. The van der Waals surface area contributed by atoms with Crippen molar-refractivity contribution in [2.75, 3.05) is 21.3 Å². The summed E-state index contributed by atoms with van der Waals surface area (Å²) in [4.78, 5) is 38.0. The van der Waals surface area contributed by atoms with Gasteiger partial charge in [-0.25, -0.2) is 14.4 Å². The second kappa shape index (κ2) is 10.6. The molecule has 1 heterocycles. The van der Waals surface area contributed by atoms with Crippen LogP contribution in [0.5, 0.6) is 11.5 Å². The van der Waals surface area contributed by atoms with E-state index in [0.29, 0.717) is 27.0 Å². The molecule has 0 unspecified atom stereocenters. The highest BCUT2D eigenvalue weighted by atomic mass is 79.9. The average Bonchev–Trinajstić information content (AvgIpc) is 2.83. The Bertz CT molecular complexity index is 1180. The van der Waals surface area contributed by atoms with Gasteiger partial charge in [-0.05, 0) is 59.6 Å². The molecule has 0 amide bonds. The number of rotatable bonds is 6.